The number of hydrogen-bond acceptors (Lipinski definition) is 5. The first-order chi connectivity index (χ1) is 20.9. The lowest BCUT2D eigenvalue weighted by Gasteiger charge is -2.27. The Labute approximate surface area is 253 Å². The summed E-state index contributed by atoms with van der Waals surface area (Å²) in [5, 5.41) is 3.39. The van der Waals surface area contributed by atoms with Crippen LogP contribution in [0.3, 0.4) is 0 Å². The molecular formula is C36H39FN6. The summed E-state index contributed by atoms with van der Waals surface area (Å²) in [6, 6.07) is 14.1. The number of nitrogens with zero attached hydrogens (tertiary/aromatic N) is 4. The number of imidazole rings is 1. The van der Waals surface area contributed by atoms with Crippen LogP contribution in [0.15, 0.2) is 79.2 Å². The van der Waals surface area contributed by atoms with E-state index in [1.165, 1.54) is 5.56 Å². The second-order valence-electron chi connectivity index (χ2n) is 11.7. The third-order valence-corrected chi connectivity index (χ3v) is 7.93. The van der Waals surface area contributed by atoms with E-state index in [1.54, 1.807) is 12.1 Å². The lowest BCUT2D eigenvalue weighted by Crippen LogP contribution is -2.22. The highest BCUT2D eigenvalue weighted by Crippen LogP contribution is 2.38. The van der Waals surface area contributed by atoms with Gasteiger partial charge in [-0.3, -0.25) is 4.98 Å². The fourth-order valence-corrected chi connectivity index (χ4v) is 5.91. The molecule has 2 N–H and O–H groups in total. The van der Waals surface area contributed by atoms with Crippen molar-refractivity contribution in [2.24, 2.45) is 0 Å². The van der Waals surface area contributed by atoms with Crippen LogP contribution in [0.4, 0.5) is 10.1 Å². The molecule has 0 amide bonds. The summed E-state index contributed by atoms with van der Waals surface area (Å²) in [7, 11) is 6.25. The molecule has 2 aliphatic rings. The summed E-state index contributed by atoms with van der Waals surface area (Å²) >= 11 is 0. The molecule has 43 heavy (non-hydrogen) atoms. The van der Waals surface area contributed by atoms with Crippen molar-refractivity contribution in [1.82, 2.24) is 25.2 Å². The van der Waals surface area contributed by atoms with Crippen molar-refractivity contribution < 1.29 is 4.39 Å². The number of likely N-dealkylation sites (N-methyl/N-ethyl adjacent to an activating group) is 1. The van der Waals surface area contributed by atoms with Gasteiger partial charge in [-0.25, -0.2) is 9.37 Å². The van der Waals surface area contributed by atoms with Gasteiger partial charge < -0.3 is 20.1 Å². The number of H-pyrrole nitrogens is 1. The summed E-state index contributed by atoms with van der Waals surface area (Å²) < 4.78 is 14.8. The maximum absolute atomic E-state index is 14.8. The van der Waals surface area contributed by atoms with Crippen molar-refractivity contribution in [3.05, 3.63) is 124 Å². The quantitative estimate of drug-likeness (QED) is 0.221. The minimum Gasteiger partial charge on any atom is -0.370 e. The van der Waals surface area contributed by atoms with Crippen molar-refractivity contribution in [2.75, 3.05) is 39.1 Å². The van der Waals surface area contributed by atoms with Gasteiger partial charge in [0.25, 0.3) is 0 Å². The van der Waals surface area contributed by atoms with Gasteiger partial charge >= 0.3 is 0 Å². The zero-order chi connectivity index (χ0) is 29.9. The number of aromatic amines is 1. The van der Waals surface area contributed by atoms with Gasteiger partial charge in [0.15, 0.2) is 0 Å². The molecule has 4 aromatic rings. The molecule has 6 rings (SSSR count). The maximum atomic E-state index is 14.8. The van der Waals surface area contributed by atoms with E-state index >= 15 is 0 Å². The first kappa shape index (κ1) is 28.8. The first-order valence-corrected chi connectivity index (χ1v) is 15.0. The smallest absolute Gasteiger partial charge is 0.138 e. The maximum Gasteiger partial charge on any atom is 0.138 e. The summed E-state index contributed by atoms with van der Waals surface area (Å²) in [5.41, 5.74) is 11.4. The predicted octanol–water partition coefficient (Wildman–Crippen LogP) is 6.60. The zero-order valence-corrected chi connectivity index (χ0v) is 25.4. The lowest BCUT2D eigenvalue weighted by molar-refractivity contribution is 0.402. The Morgan fingerprint density at radius 3 is 2.70 bits per heavy atom. The molecule has 2 aromatic carbocycles. The number of nitrogens with one attached hydrogen (secondary N) is 2. The minimum absolute atomic E-state index is 0.235. The molecule has 3 heterocycles. The second-order valence-corrected chi connectivity index (χ2v) is 11.7. The topological polar surface area (TPSA) is 60.1 Å². The van der Waals surface area contributed by atoms with Gasteiger partial charge in [0.1, 0.15) is 11.6 Å². The van der Waals surface area contributed by atoms with Crippen molar-refractivity contribution in [3.8, 4) is 11.1 Å². The SMILES string of the molecule is CCCNCc1cc(F)cc(C2=CC=CCc3[nH]c(C4=CCN(C)c5ccc(-c6cncc(CN(C)C)c6)cc54)nc32)c1. The van der Waals surface area contributed by atoms with Gasteiger partial charge in [0, 0.05) is 79.2 Å². The average Bonchev–Trinajstić information content (AvgIpc) is 3.30. The van der Waals surface area contributed by atoms with E-state index in [2.05, 4.69) is 102 Å². The van der Waals surface area contributed by atoms with Crippen LogP contribution in [-0.4, -0.2) is 54.1 Å². The zero-order valence-electron chi connectivity index (χ0n) is 25.4. The molecule has 0 atom stereocenters. The molecule has 0 fully saturated rings. The monoisotopic (exact) mass is 574 g/mol. The van der Waals surface area contributed by atoms with Crippen molar-refractivity contribution in [2.45, 2.75) is 32.9 Å². The highest BCUT2D eigenvalue weighted by atomic mass is 19.1. The van der Waals surface area contributed by atoms with E-state index < -0.39 is 0 Å². The Balaban J connectivity index is 1.37. The van der Waals surface area contributed by atoms with E-state index in [9.17, 15) is 4.39 Å². The van der Waals surface area contributed by atoms with E-state index in [4.69, 9.17) is 4.98 Å². The first-order valence-electron chi connectivity index (χ1n) is 15.0. The van der Waals surface area contributed by atoms with E-state index in [1.807, 2.05) is 18.5 Å². The number of aromatic nitrogens is 3. The summed E-state index contributed by atoms with van der Waals surface area (Å²) in [4.78, 5) is 17.8. The van der Waals surface area contributed by atoms with Crippen LogP contribution in [0.25, 0.3) is 22.3 Å². The normalized spacial score (nSPS) is 14.3. The third-order valence-electron chi connectivity index (χ3n) is 7.93. The second kappa shape index (κ2) is 12.5. The van der Waals surface area contributed by atoms with E-state index in [-0.39, 0.29) is 5.82 Å². The van der Waals surface area contributed by atoms with Gasteiger partial charge in [0.05, 0.1) is 5.69 Å². The van der Waals surface area contributed by atoms with Crippen molar-refractivity contribution >= 4 is 16.8 Å². The van der Waals surface area contributed by atoms with Gasteiger partial charge in [-0.2, -0.15) is 0 Å². The Hall–Kier alpha value is -4.33. The number of fused-ring (bicyclic) bond motifs is 2. The number of allylic oxidation sites excluding steroid dienone is 3. The molecule has 220 valence electrons. The van der Waals surface area contributed by atoms with Crippen LogP contribution >= 0.6 is 0 Å². The number of halogens is 1. The standard InChI is InChI=1S/C36H39FN6/c1-5-13-38-20-24-15-27(18-29(37)17-24)30-8-6-7-9-33-35(30)41-36(40-33)31-12-14-43(4)34-11-10-26(19-32(31)34)28-16-25(21-39-22-28)23-42(2)3/h6-8,10-12,15-19,21-22,38H,5,9,13-14,20,23H2,1-4H3,(H,40,41). The molecule has 1 aliphatic carbocycles. The minimum atomic E-state index is -0.235. The summed E-state index contributed by atoms with van der Waals surface area (Å²) in [6.45, 7) is 5.28. The highest BCUT2D eigenvalue weighted by molar-refractivity contribution is 5.90. The number of rotatable bonds is 9. The van der Waals surface area contributed by atoms with Gasteiger partial charge in [-0.05, 0) is 85.7 Å². The van der Waals surface area contributed by atoms with Crippen molar-refractivity contribution in [3.63, 3.8) is 0 Å². The number of anilines is 1. The lowest BCUT2D eigenvalue weighted by atomic mass is 9.94. The fraction of sp³-hybridized carbons (Fsp3) is 0.278. The van der Waals surface area contributed by atoms with Crippen LogP contribution in [0.2, 0.25) is 0 Å². The third kappa shape index (κ3) is 6.24. The van der Waals surface area contributed by atoms with Crippen LogP contribution in [0.5, 0.6) is 0 Å². The number of hydrogen-bond donors (Lipinski definition) is 2. The molecule has 0 saturated heterocycles. The predicted molar refractivity (Wildman–Crippen MR) is 174 cm³/mol. The Kier molecular flexibility index (Phi) is 8.36. The molecule has 0 unspecified atom stereocenters. The van der Waals surface area contributed by atoms with Gasteiger partial charge in [0.2, 0.25) is 0 Å². The highest BCUT2D eigenvalue weighted by Gasteiger charge is 2.24. The fourth-order valence-electron chi connectivity index (χ4n) is 5.91. The summed E-state index contributed by atoms with van der Waals surface area (Å²) in [6.07, 6.45) is 14.1. The molecule has 1 aliphatic heterocycles. The van der Waals surface area contributed by atoms with E-state index in [0.29, 0.717) is 6.54 Å². The molecule has 6 nitrogen and oxygen atoms in total. The largest absolute Gasteiger partial charge is 0.370 e. The molecule has 0 saturated carbocycles. The number of benzene rings is 2. The van der Waals surface area contributed by atoms with Crippen LogP contribution < -0.4 is 10.2 Å². The Bertz CT molecular complexity index is 1730. The summed E-state index contributed by atoms with van der Waals surface area (Å²) in [5.74, 6) is 0.597. The Morgan fingerprint density at radius 1 is 1.00 bits per heavy atom. The molecule has 0 bridgehead atoms. The van der Waals surface area contributed by atoms with E-state index in [0.717, 1.165) is 94.3 Å². The average molecular weight is 575 g/mol. The van der Waals surface area contributed by atoms with Crippen molar-refractivity contribution in [1.29, 1.82) is 0 Å². The number of pyridine rings is 1. The molecule has 7 heteroatoms. The van der Waals surface area contributed by atoms with Gasteiger partial charge in [-0.1, -0.05) is 37.3 Å². The van der Waals surface area contributed by atoms with Crippen LogP contribution in [0, 0.1) is 5.82 Å². The molecular weight excluding hydrogens is 535 g/mol. The van der Waals surface area contributed by atoms with Gasteiger partial charge in [-0.15, -0.1) is 0 Å². The molecule has 0 radical (unpaired) electrons. The molecule has 2 aromatic heterocycles. The molecule has 0 spiro atoms. The van der Waals surface area contributed by atoms with Crippen LogP contribution in [-0.2, 0) is 19.5 Å². The van der Waals surface area contributed by atoms with Crippen LogP contribution in [0.1, 0.15) is 52.8 Å². The Morgan fingerprint density at radius 2 is 1.86 bits per heavy atom.